The molecule has 1 heterocycles. The summed E-state index contributed by atoms with van der Waals surface area (Å²) < 4.78 is 0. The van der Waals surface area contributed by atoms with Crippen molar-refractivity contribution in [1.82, 2.24) is 20.9 Å². The number of nitrogens with two attached hydrogens (primary N) is 1. The molecule has 4 unspecified atom stereocenters. The Morgan fingerprint density at radius 2 is 1.49 bits per heavy atom. The van der Waals surface area contributed by atoms with Crippen LogP contribution in [0.25, 0.3) is 10.9 Å². The number of amides is 3. The average molecular weight is 614 g/mol. The summed E-state index contributed by atoms with van der Waals surface area (Å²) in [5, 5.41) is 36.9. The standard InChI is InChI=1S/C29H35N5O8S/c1-43-11-10-22(27(39)34-24(29(41)42)13-17-15-31-21-5-3-2-4-19(17)21)32-28(40)23(12-16-6-8-18(35)9-7-16)33-26(38)20(30)14-25(36)37/h2-9,15,20,22-24,31,35H,10-14,30H2,1H3,(H,32,40)(H,33,38)(H,34,39)(H,36,37)(H,41,42). The summed E-state index contributed by atoms with van der Waals surface area (Å²) in [5.74, 6) is -4.45. The lowest BCUT2D eigenvalue weighted by Gasteiger charge is -2.25. The molecular weight excluding hydrogens is 578 g/mol. The van der Waals surface area contributed by atoms with Crippen LogP contribution < -0.4 is 21.7 Å². The van der Waals surface area contributed by atoms with Gasteiger partial charge in [-0.2, -0.15) is 11.8 Å². The average Bonchev–Trinajstić information content (AvgIpc) is 3.37. The number of rotatable bonds is 16. The van der Waals surface area contributed by atoms with E-state index in [0.29, 0.717) is 16.9 Å². The van der Waals surface area contributed by atoms with E-state index in [-0.39, 0.29) is 25.0 Å². The van der Waals surface area contributed by atoms with Gasteiger partial charge in [-0.25, -0.2) is 4.79 Å². The number of para-hydroxylation sites is 1. The van der Waals surface area contributed by atoms with Gasteiger partial charge in [0.15, 0.2) is 0 Å². The molecule has 2 aromatic carbocycles. The summed E-state index contributed by atoms with van der Waals surface area (Å²) >= 11 is 1.42. The number of carboxylic acids is 2. The van der Waals surface area contributed by atoms with E-state index in [1.807, 2.05) is 30.5 Å². The van der Waals surface area contributed by atoms with E-state index >= 15 is 0 Å². The molecule has 0 aliphatic rings. The van der Waals surface area contributed by atoms with Gasteiger partial charge in [0, 0.05) is 29.9 Å². The number of fused-ring (bicyclic) bond motifs is 1. The lowest BCUT2D eigenvalue weighted by atomic mass is 10.0. The summed E-state index contributed by atoms with van der Waals surface area (Å²) in [6, 6.07) is 8.12. The number of aliphatic carboxylic acids is 2. The number of phenols is 1. The minimum absolute atomic E-state index is 0.00468. The van der Waals surface area contributed by atoms with Crippen LogP contribution in [0.5, 0.6) is 5.75 Å². The first-order chi connectivity index (χ1) is 20.5. The van der Waals surface area contributed by atoms with E-state index in [4.69, 9.17) is 10.8 Å². The third-order valence-corrected chi connectivity index (χ3v) is 7.34. The Morgan fingerprint density at radius 3 is 2.14 bits per heavy atom. The lowest BCUT2D eigenvalue weighted by Crippen LogP contribution is -2.58. The van der Waals surface area contributed by atoms with Gasteiger partial charge in [0.05, 0.1) is 12.5 Å². The molecule has 0 saturated carbocycles. The molecule has 9 N–H and O–H groups in total. The zero-order chi connectivity index (χ0) is 31.5. The molecule has 1 aromatic heterocycles. The van der Waals surface area contributed by atoms with E-state index in [2.05, 4.69) is 20.9 Å². The summed E-state index contributed by atoms with van der Waals surface area (Å²) in [6.07, 6.45) is 2.93. The SMILES string of the molecule is CSCCC(NC(=O)C(Cc1ccc(O)cc1)NC(=O)C(N)CC(=O)O)C(=O)NC(Cc1c[nH]c2ccccc12)C(=O)O. The first-order valence-corrected chi connectivity index (χ1v) is 14.8. The van der Waals surface area contributed by atoms with Gasteiger partial charge in [-0.05, 0) is 47.8 Å². The Morgan fingerprint density at radius 1 is 0.860 bits per heavy atom. The topological polar surface area (TPSA) is 224 Å². The Bertz CT molecular complexity index is 1440. The van der Waals surface area contributed by atoms with Crippen molar-refractivity contribution in [2.75, 3.05) is 12.0 Å². The number of aromatic hydroxyl groups is 1. The van der Waals surface area contributed by atoms with Gasteiger partial charge in [0.25, 0.3) is 0 Å². The number of hydrogen-bond acceptors (Lipinski definition) is 8. The molecule has 0 saturated heterocycles. The lowest BCUT2D eigenvalue weighted by molar-refractivity contribution is -0.142. The number of benzene rings is 2. The van der Waals surface area contributed by atoms with Crippen molar-refractivity contribution in [1.29, 1.82) is 0 Å². The summed E-state index contributed by atoms with van der Waals surface area (Å²) in [7, 11) is 0. The van der Waals surface area contributed by atoms with Crippen LogP contribution in [-0.2, 0) is 36.8 Å². The fraction of sp³-hybridized carbons (Fsp3) is 0.345. The molecule has 0 radical (unpaired) electrons. The number of carbonyl (C=O) groups excluding carboxylic acids is 3. The van der Waals surface area contributed by atoms with E-state index in [0.717, 1.165) is 10.9 Å². The van der Waals surface area contributed by atoms with Crippen LogP contribution in [0, 0.1) is 0 Å². The molecule has 3 amide bonds. The summed E-state index contributed by atoms with van der Waals surface area (Å²) in [4.78, 5) is 65.7. The van der Waals surface area contributed by atoms with Gasteiger partial charge in [-0.1, -0.05) is 30.3 Å². The highest BCUT2D eigenvalue weighted by molar-refractivity contribution is 7.98. The molecule has 0 aliphatic carbocycles. The molecule has 43 heavy (non-hydrogen) atoms. The predicted molar refractivity (Wildman–Crippen MR) is 160 cm³/mol. The maximum Gasteiger partial charge on any atom is 0.326 e. The van der Waals surface area contributed by atoms with Crippen LogP contribution in [0.1, 0.15) is 24.0 Å². The number of hydrogen-bond donors (Lipinski definition) is 8. The van der Waals surface area contributed by atoms with Crippen molar-refractivity contribution >= 4 is 52.3 Å². The van der Waals surface area contributed by atoms with Crippen LogP contribution in [0.15, 0.2) is 54.7 Å². The van der Waals surface area contributed by atoms with E-state index in [1.165, 1.54) is 23.9 Å². The number of aromatic amines is 1. The zero-order valence-corrected chi connectivity index (χ0v) is 24.2. The van der Waals surface area contributed by atoms with Crippen LogP contribution in [-0.4, -0.2) is 86.1 Å². The van der Waals surface area contributed by atoms with Crippen LogP contribution in [0.2, 0.25) is 0 Å². The summed E-state index contributed by atoms with van der Waals surface area (Å²) in [6.45, 7) is 0. The molecule has 3 aromatic rings. The second kappa shape index (κ2) is 15.6. The molecule has 4 atom stereocenters. The van der Waals surface area contributed by atoms with Crippen molar-refractivity contribution in [3.63, 3.8) is 0 Å². The Kier molecular flexibility index (Phi) is 12.0. The molecule has 3 rings (SSSR count). The first kappa shape index (κ1) is 32.9. The van der Waals surface area contributed by atoms with Gasteiger partial charge >= 0.3 is 11.9 Å². The first-order valence-electron chi connectivity index (χ1n) is 13.4. The van der Waals surface area contributed by atoms with Gasteiger partial charge in [0.2, 0.25) is 17.7 Å². The van der Waals surface area contributed by atoms with Gasteiger partial charge in [-0.3, -0.25) is 19.2 Å². The molecule has 0 fully saturated rings. The highest BCUT2D eigenvalue weighted by Crippen LogP contribution is 2.19. The molecule has 0 spiro atoms. The minimum Gasteiger partial charge on any atom is -0.508 e. The monoisotopic (exact) mass is 613 g/mol. The second-order valence-corrected chi connectivity index (χ2v) is 10.9. The van der Waals surface area contributed by atoms with E-state index in [1.54, 1.807) is 18.3 Å². The smallest absolute Gasteiger partial charge is 0.326 e. The fourth-order valence-electron chi connectivity index (χ4n) is 4.41. The highest BCUT2D eigenvalue weighted by Gasteiger charge is 2.31. The van der Waals surface area contributed by atoms with Crippen molar-refractivity contribution in [3.8, 4) is 5.75 Å². The van der Waals surface area contributed by atoms with Gasteiger partial charge in [0.1, 0.15) is 23.9 Å². The second-order valence-electron chi connectivity index (χ2n) is 9.94. The maximum absolute atomic E-state index is 13.5. The number of thioether (sulfide) groups is 1. The Hall–Kier alpha value is -4.56. The Balaban J connectivity index is 1.78. The number of H-pyrrole nitrogens is 1. The predicted octanol–water partition coefficient (Wildman–Crippen LogP) is 0.753. The summed E-state index contributed by atoms with van der Waals surface area (Å²) in [5.41, 5.74) is 7.76. The number of nitrogens with one attached hydrogen (secondary N) is 4. The molecule has 0 bridgehead atoms. The largest absolute Gasteiger partial charge is 0.508 e. The maximum atomic E-state index is 13.5. The van der Waals surface area contributed by atoms with Crippen molar-refractivity contribution in [3.05, 3.63) is 65.9 Å². The van der Waals surface area contributed by atoms with Crippen LogP contribution in [0.4, 0.5) is 0 Å². The number of carboxylic acid groups (broad SMARTS) is 2. The van der Waals surface area contributed by atoms with Crippen molar-refractivity contribution in [2.45, 2.75) is 49.9 Å². The quantitative estimate of drug-likeness (QED) is 0.113. The molecular formula is C29H35N5O8S. The highest BCUT2D eigenvalue weighted by atomic mass is 32.2. The van der Waals surface area contributed by atoms with Gasteiger partial charge in [-0.15, -0.1) is 0 Å². The normalized spacial score (nSPS) is 13.8. The number of aromatic nitrogens is 1. The van der Waals surface area contributed by atoms with Crippen LogP contribution in [0.3, 0.4) is 0 Å². The number of carbonyl (C=O) groups is 5. The molecule has 0 aliphatic heterocycles. The van der Waals surface area contributed by atoms with Crippen molar-refractivity contribution in [2.24, 2.45) is 5.73 Å². The van der Waals surface area contributed by atoms with Gasteiger partial charge < -0.3 is 42.0 Å². The fourth-order valence-corrected chi connectivity index (χ4v) is 4.88. The third-order valence-electron chi connectivity index (χ3n) is 6.70. The number of phenolic OH excluding ortho intramolecular Hbond substituents is 1. The van der Waals surface area contributed by atoms with Crippen LogP contribution >= 0.6 is 11.8 Å². The molecule has 14 heteroatoms. The molecule has 230 valence electrons. The zero-order valence-electron chi connectivity index (χ0n) is 23.4. The van der Waals surface area contributed by atoms with E-state index in [9.17, 15) is 34.2 Å². The minimum atomic E-state index is -1.43. The van der Waals surface area contributed by atoms with Crippen molar-refractivity contribution < 1.29 is 39.3 Å². The van der Waals surface area contributed by atoms with E-state index < -0.39 is 60.2 Å². The Labute approximate surface area is 251 Å². The third kappa shape index (κ3) is 9.75. The molecule has 13 nitrogen and oxygen atoms in total.